The molecule has 0 aliphatic heterocycles. The predicted molar refractivity (Wildman–Crippen MR) is 90.9 cm³/mol. The first kappa shape index (κ1) is 17.2. The summed E-state index contributed by atoms with van der Waals surface area (Å²) in [5.74, 6) is 0.737. The van der Waals surface area contributed by atoms with Gasteiger partial charge in [0.05, 0.1) is 0 Å². The summed E-state index contributed by atoms with van der Waals surface area (Å²) in [6, 6.07) is 0.484. The van der Waals surface area contributed by atoms with Crippen LogP contribution in [0.15, 0.2) is 15.2 Å². The maximum absolute atomic E-state index is 3.71. The second kappa shape index (κ2) is 7.80. The van der Waals surface area contributed by atoms with Crippen LogP contribution in [-0.4, -0.2) is 6.54 Å². The second-order valence-electron chi connectivity index (χ2n) is 6.79. The molecular weight excluding hydrogens is 318 g/mol. The first-order valence-electron chi connectivity index (χ1n) is 7.28. The van der Waals surface area contributed by atoms with Crippen LogP contribution in [0.25, 0.3) is 0 Å². The molecule has 1 aromatic rings. The Bertz CT molecular complexity index is 367. The van der Waals surface area contributed by atoms with E-state index in [9.17, 15) is 0 Å². The van der Waals surface area contributed by atoms with Crippen LogP contribution >= 0.6 is 27.3 Å². The third-order valence-corrected chi connectivity index (χ3v) is 5.01. The molecule has 3 heteroatoms. The molecule has 2 unspecified atom stereocenters. The smallest absolute Gasteiger partial charge is 0.0342 e. The first-order valence-corrected chi connectivity index (χ1v) is 9.02. The van der Waals surface area contributed by atoms with Crippen molar-refractivity contribution in [3.8, 4) is 0 Å². The quantitative estimate of drug-likeness (QED) is 0.637. The Morgan fingerprint density at radius 3 is 2.47 bits per heavy atom. The molecule has 110 valence electrons. The molecule has 1 heterocycles. The standard InChI is InChI=1S/C16H28BrNS/c1-6-7-18-15(13-10-19-11-14(13)17)8-12(2)9-16(3,4)5/h10-12,15,18H,6-9H2,1-5H3. The van der Waals surface area contributed by atoms with Crippen LogP contribution < -0.4 is 5.32 Å². The zero-order valence-electron chi connectivity index (χ0n) is 12.9. The SMILES string of the molecule is CCCNC(CC(C)CC(C)(C)C)c1cscc1Br. The summed E-state index contributed by atoms with van der Waals surface area (Å²) in [4.78, 5) is 0. The molecule has 0 aliphatic carbocycles. The summed E-state index contributed by atoms with van der Waals surface area (Å²) in [6.45, 7) is 12.7. The molecule has 0 aromatic carbocycles. The van der Waals surface area contributed by atoms with E-state index in [1.807, 2.05) is 0 Å². The molecule has 0 aliphatic rings. The minimum Gasteiger partial charge on any atom is -0.310 e. The van der Waals surface area contributed by atoms with E-state index in [1.54, 1.807) is 11.3 Å². The van der Waals surface area contributed by atoms with Gasteiger partial charge in [-0.05, 0) is 64.0 Å². The third kappa shape index (κ3) is 6.42. The van der Waals surface area contributed by atoms with Crippen LogP contribution in [0.2, 0.25) is 0 Å². The van der Waals surface area contributed by atoms with E-state index in [0.717, 1.165) is 12.5 Å². The average molecular weight is 346 g/mol. The Morgan fingerprint density at radius 1 is 1.32 bits per heavy atom. The molecule has 0 saturated carbocycles. The first-order chi connectivity index (χ1) is 8.83. The topological polar surface area (TPSA) is 12.0 Å². The third-order valence-electron chi connectivity index (χ3n) is 3.26. The molecule has 1 aromatic heterocycles. The van der Waals surface area contributed by atoms with E-state index >= 15 is 0 Å². The Balaban J connectivity index is 2.67. The van der Waals surface area contributed by atoms with Gasteiger partial charge < -0.3 is 5.32 Å². The largest absolute Gasteiger partial charge is 0.310 e. The van der Waals surface area contributed by atoms with Crippen LogP contribution in [0.5, 0.6) is 0 Å². The Labute approximate surface area is 131 Å². The van der Waals surface area contributed by atoms with Crippen LogP contribution in [0.1, 0.15) is 65.5 Å². The van der Waals surface area contributed by atoms with Crippen molar-refractivity contribution < 1.29 is 0 Å². The van der Waals surface area contributed by atoms with Crippen molar-refractivity contribution in [2.75, 3.05) is 6.54 Å². The number of hydrogen-bond acceptors (Lipinski definition) is 2. The lowest BCUT2D eigenvalue weighted by molar-refractivity contribution is 0.275. The number of thiophene rings is 1. The average Bonchev–Trinajstić information content (AvgIpc) is 2.68. The maximum Gasteiger partial charge on any atom is 0.0342 e. The summed E-state index contributed by atoms with van der Waals surface area (Å²) < 4.78 is 1.26. The van der Waals surface area contributed by atoms with E-state index in [4.69, 9.17) is 0 Å². The minimum atomic E-state index is 0.417. The second-order valence-corrected chi connectivity index (χ2v) is 8.39. The Morgan fingerprint density at radius 2 is 2.00 bits per heavy atom. The highest BCUT2D eigenvalue weighted by Gasteiger charge is 2.21. The Kier molecular flexibility index (Phi) is 7.06. The van der Waals surface area contributed by atoms with E-state index in [0.29, 0.717) is 11.5 Å². The monoisotopic (exact) mass is 345 g/mol. The van der Waals surface area contributed by atoms with Crippen molar-refractivity contribution in [2.24, 2.45) is 11.3 Å². The highest BCUT2D eigenvalue weighted by molar-refractivity contribution is 9.10. The van der Waals surface area contributed by atoms with Gasteiger partial charge in [0.15, 0.2) is 0 Å². The lowest BCUT2D eigenvalue weighted by Crippen LogP contribution is -2.25. The highest BCUT2D eigenvalue weighted by atomic mass is 79.9. The fraction of sp³-hybridized carbons (Fsp3) is 0.750. The fourth-order valence-corrected chi connectivity index (χ4v) is 4.34. The van der Waals surface area contributed by atoms with Crippen LogP contribution in [0, 0.1) is 11.3 Å². The normalized spacial score (nSPS) is 15.5. The molecule has 0 bridgehead atoms. The molecule has 0 spiro atoms. The van der Waals surface area contributed by atoms with Gasteiger partial charge in [0, 0.05) is 15.9 Å². The lowest BCUT2D eigenvalue weighted by Gasteiger charge is -2.27. The van der Waals surface area contributed by atoms with Gasteiger partial charge in [-0.15, -0.1) is 0 Å². The van der Waals surface area contributed by atoms with E-state index < -0.39 is 0 Å². The molecule has 0 fully saturated rings. The highest BCUT2D eigenvalue weighted by Crippen LogP contribution is 2.34. The van der Waals surface area contributed by atoms with Crippen molar-refractivity contribution in [3.63, 3.8) is 0 Å². The fourth-order valence-electron chi connectivity index (χ4n) is 2.71. The molecule has 0 radical (unpaired) electrons. The van der Waals surface area contributed by atoms with Crippen molar-refractivity contribution in [1.29, 1.82) is 0 Å². The van der Waals surface area contributed by atoms with Crippen LogP contribution in [0.4, 0.5) is 0 Å². The van der Waals surface area contributed by atoms with Gasteiger partial charge in [-0.2, -0.15) is 11.3 Å². The van der Waals surface area contributed by atoms with E-state index in [2.05, 4.69) is 66.6 Å². The van der Waals surface area contributed by atoms with Crippen LogP contribution in [-0.2, 0) is 0 Å². The molecule has 19 heavy (non-hydrogen) atoms. The summed E-state index contributed by atoms with van der Waals surface area (Å²) in [5, 5.41) is 8.17. The lowest BCUT2D eigenvalue weighted by atomic mass is 9.82. The van der Waals surface area contributed by atoms with E-state index in [1.165, 1.54) is 29.3 Å². The number of halogens is 1. The summed E-state index contributed by atoms with van der Waals surface area (Å²) >= 11 is 5.46. The zero-order valence-corrected chi connectivity index (χ0v) is 15.3. The number of nitrogens with one attached hydrogen (secondary N) is 1. The molecule has 1 rings (SSSR count). The van der Waals surface area contributed by atoms with Gasteiger partial charge in [0.1, 0.15) is 0 Å². The summed E-state index contributed by atoms with van der Waals surface area (Å²) in [6.07, 6.45) is 3.68. The summed E-state index contributed by atoms with van der Waals surface area (Å²) in [7, 11) is 0. The molecule has 1 N–H and O–H groups in total. The number of rotatable bonds is 7. The van der Waals surface area contributed by atoms with Crippen molar-refractivity contribution >= 4 is 27.3 Å². The Hall–Kier alpha value is 0.140. The van der Waals surface area contributed by atoms with E-state index in [-0.39, 0.29) is 0 Å². The van der Waals surface area contributed by atoms with Gasteiger partial charge in [0.2, 0.25) is 0 Å². The van der Waals surface area contributed by atoms with Crippen molar-refractivity contribution in [1.82, 2.24) is 5.32 Å². The van der Waals surface area contributed by atoms with Gasteiger partial charge in [-0.25, -0.2) is 0 Å². The zero-order chi connectivity index (χ0) is 14.5. The van der Waals surface area contributed by atoms with Gasteiger partial charge in [-0.3, -0.25) is 0 Å². The summed E-state index contributed by atoms with van der Waals surface area (Å²) in [5.41, 5.74) is 1.85. The molecule has 1 nitrogen and oxygen atoms in total. The van der Waals surface area contributed by atoms with Gasteiger partial charge in [0.25, 0.3) is 0 Å². The maximum atomic E-state index is 3.71. The van der Waals surface area contributed by atoms with Crippen molar-refractivity contribution in [3.05, 3.63) is 20.8 Å². The van der Waals surface area contributed by atoms with Gasteiger partial charge >= 0.3 is 0 Å². The molecule has 0 saturated heterocycles. The number of hydrogen-bond donors (Lipinski definition) is 1. The molecular formula is C16H28BrNS. The van der Waals surface area contributed by atoms with Gasteiger partial charge in [-0.1, -0.05) is 34.6 Å². The van der Waals surface area contributed by atoms with Crippen LogP contribution in [0.3, 0.4) is 0 Å². The minimum absolute atomic E-state index is 0.417. The van der Waals surface area contributed by atoms with Crippen molar-refractivity contribution in [2.45, 2.75) is 59.9 Å². The molecule has 0 amide bonds. The molecule has 2 atom stereocenters. The predicted octanol–water partition coefficient (Wildman–Crippen LogP) is 6.01.